The maximum atomic E-state index is 12.8. The molecule has 4 nitrogen and oxygen atoms in total. The van der Waals surface area contributed by atoms with E-state index in [1.165, 1.54) is 12.8 Å². The minimum atomic E-state index is -0.0168. The van der Waals surface area contributed by atoms with Gasteiger partial charge in [-0.25, -0.2) is 0 Å². The summed E-state index contributed by atoms with van der Waals surface area (Å²) < 4.78 is 12.9. The molecular weight excluding hydrogens is 382 g/mol. The number of likely N-dealkylation sites (tertiary alicyclic amines) is 1. The lowest BCUT2D eigenvalue weighted by atomic mass is 10.1. The standard InChI is InChI=1S/C20H20BrNO3/c1-13-10-16-19(23)15-5-4-14(21)12-17(15)25-20(16)18(11-13)24-9-8-22-6-2-3-7-22/h4-5,10-12H,2-3,6-9H2,1H3. The van der Waals surface area contributed by atoms with Gasteiger partial charge in [0.25, 0.3) is 0 Å². The molecule has 130 valence electrons. The first-order chi connectivity index (χ1) is 12.1. The summed E-state index contributed by atoms with van der Waals surface area (Å²) in [5.41, 5.74) is 2.08. The molecule has 5 heteroatoms. The molecule has 1 aliphatic heterocycles. The first kappa shape index (κ1) is 16.6. The van der Waals surface area contributed by atoms with Gasteiger partial charge in [0.05, 0.1) is 10.8 Å². The highest BCUT2D eigenvalue weighted by Crippen LogP contribution is 2.30. The van der Waals surface area contributed by atoms with Gasteiger partial charge in [0, 0.05) is 11.0 Å². The number of aryl methyl sites for hydroxylation is 1. The smallest absolute Gasteiger partial charge is 0.200 e. The van der Waals surface area contributed by atoms with Crippen molar-refractivity contribution in [1.82, 2.24) is 4.90 Å². The fourth-order valence-electron chi connectivity index (χ4n) is 3.44. The fourth-order valence-corrected chi connectivity index (χ4v) is 3.78. The topological polar surface area (TPSA) is 42.7 Å². The Morgan fingerprint density at radius 2 is 1.96 bits per heavy atom. The molecule has 0 bridgehead atoms. The Morgan fingerprint density at radius 1 is 1.16 bits per heavy atom. The molecular formula is C20H20BrNO3. The van der Waals surface area contributed by atoms with E-state index in [-0.39, 0.29) is 5.43 Å². The molecule has 0 saturated carbocycles. The Morgan fingerprint density at radius 3 is 2.76 bits per heavy atom. The zero-order valence-corrected chi connectivity index (χ0v) is 15.8. The van der Waals surface area contributed by atoms with E-state index in [0.717, 1.165) is 29.7 Å². The highest BCUT2D eigenvalue weighted by molar-refractivity contribution is 9.10. The van der Waals surface area contributed by atoms with Crippen LogP contribution in [-0.4, -0.2) is 31.1 Å². The normalized spacial score (nSPS) is 15.3. The Hall–Kier alpha value is -1.85. The van der Waals surface area contributed by atoms with Crippen molar-refractivity contribution in [3.63, 3.8) is 0 Å². The van der Waals surface area contributed by atoms with Crippen LogP contribution in [-0.2, 0) is 0 Å². The molecule has 0 amide bonds. The van der Waals surface area contributed by atoms with Crippen molar-refractivity contribution in [2.75, 3.05) is 26.2 Å². The summed E-state index contributed by atoms with van der Waals surface area (Å²) in [6, 6.07) is 9.29. The van der Waals surface area contributed by atoms with Crippen LogP contribution in [0.25, 0.3) is 21.9 Å². The number of benzene rings is 2. The number of fused-ring (bicyclic) bond motifs is 2. The lowest BCUT2D eigenvalue weighted by Gasteiger charge is -2.16. The van der Waals surface area contributed by atoms with Gasteiger partial charge in [0.15, 0.2) is 11.3 Å². The molecule has 1 saturated heterocycles. The van der Waals surface area contributed by atoms with Gasteiger partial charge < -0.3 is 9.15 Å². The SMILES string of the molecule is Cc1cc(OCCN2CCCC2)c2oc3cc(Br)ccc3c(=O)c2c1. The number of halogens is 1. The average Bonchev–Trinajstić information content (AvgIpc) is 3.09. The third kappa shape index (κ3) is 3.31. The van der Waals surface area contributed by atoms with E-state index < -0.39 is 0 Å². The molecule has 0 spiro atoms. The minimum Gasteiger partial charge on any atom is -0.488 e. The minimum absolute atomic E-state index is 0.0168. The van der Waals surface area contributed by atoms with Gasteiger partial charge in [-0.1, -0.05) is 15.9 Å². The highest BCUT2D eigenvalue weighted by atomic mass is 79.9. The summed E-state index contributed by atoms with van der Waals surface area (Å²) in [4.78, 5) is 15.3. The van der Waals surface area contributed by atoms with E-state index >= 15 is 0 Å². The first-order valence-corrected chi connectivity index (χ1v) is 9.43. The summed E-state index contributed by atoms with van der Waals surface area (Å²) in [5.74, 6) is 0.646. The van der Waals surface area contributed by atoms with Gasteiger partial charge in [-0.2, -0.15) is 0 Å². The lowest BCUT2D eigenvalue weighted by molar-refractivity contribution is 0.238. The summed E-state index contributed by atoms with van der Waals surface area (Å²) in [7, 11) is 0. The van der Waals surface area contributed by atoms with Gasteiger partial charge in [-0.15, -0.1) is 0 Å². The van der Waals surface area contributed by atoms with Crippen LogP contribution in [0.5, 0.6) is 5.75 Å². The molecule has 25 heavy (non-hydrogen) atoms. The largest absolute Gasteiger partial charge is 0.488 e. The molecule has 0 atom stereocenters. The van der Waals surface area contributed by atoms with Gasteiger partial charge >= 0.3 is 0 Å². The van der Waals surface area contributed by atoms with E-state index in [4.69, 9.17) is 9.15 Å². The van der Waals surface area contributed by atoms with Gasteiger partial charge in [0.2, 0.25) is 5.43 Å². The summed E-state index contributed by atoms with van der Waals surface area (Å²) in [5, 5.41) is 1.16. The zero-order valence-electron chi connectivity index (χ0n) is 14.2. The fraction of sp³-hybridized carbons (Fsp3) is 0.350. The van der Waals surface area contributed by atoms with Crippen molar-refractivity contribution in [1.29, 1.82) is 0 Å². The van der Waals surface area contributed by atoms with Crippen LogP contribution in [0.3, 0.4) is 0 Å². The molecule has 0 aliphatic carbocycles. The van der Waals surface area contributed by atoms with E-state index in [2.05, 4.69) is 20.8 Å². The second-order valence-electron chi connectivity index (χ2n) is 6.61. The summed E-state index contributed by atoms with van der Waals surface area (Å²) in [6.45, 7) is 5.76. The Kier molecular flexibility index (Phi) is 4.52. The first-order valence-electron chi connectivity index (χ1n) is 8.64. The van der Waals surface area contributed by atoms with Crippen LogP contribution in [0.4, 0.5) is 0 Å². The van der Waals surface area contributed by atoms with E-state index in [0.29, 0.717) is 34.3 Å². The van der Waals surface area contributed by atoms with Crippen LogP contribution in [0.1, 0.15) is 18.4 Å². The van der Waals surface area contributed by atoms with Crippen molar-refractivity contribution in [3.05, 3.63) is 50.6 Å². The molecule has 2 heterocycles. The number of hydrogen-bond acceptors (Lipinski definition) is 4. The van der Waals surface area contributed by atoms with E-state index in [1.54, 1.807) is 6.07 Å². The summed E-state index contributed by atoms with van der Waals surface area (Å²) in [6.07, 6.45) is 2.53. The van der Waals surface area contributed by atoms with Crippen molar-refractivity contribution < 1.29 is 9.15 Å². The number of nitrogens with zero attached hydrogens (tertiary/aromatic N) is 1. The maximum absolute atomic E-state index is 12.8. The molecule has 0 unspecified atom stereocenters. The predicted molar refractivity (Wildman–Crippen MR) is 104 cm³/mol. The lowest BCUT2D eigenvalue weighted by Crippen LogP contribution is -2.25. The van der Waals surface area contributed by atoms with Crippen molar-refractivity contribution in [2.24, 2.45) is 0 Å². The van der Waals surface area contributed by atoms with Crippen LogP contribution in [0.15, 0.2) is 44.0 Å². The molecule has 2 aromatic carbocycles. The molecule has 0 radical (unpaired) electrons. The third-order valence-corrected chi connectivity index (χ3v) is 5.20. The van der Waals surface area contributed by atoms with Gasteiger partial charge in [-0.05, 0) is 68.8 Å². The second-order valence-corrected chi connectivity index (χ2v) is 7.52. The van der Waals surface area contributed by atoms with Crippen molar-refractivity contribution >= 4 is 37.9 Å². The maximum Gasteiger partial charge on any atom is 0.200 e. The van der Waals surface area contributed by atoms with Crippen molar-refractivity contribution in [3.8, 4) is 5.75 Å². The molecule has 0 N–H and O–H groups in total. The highest BCUT2D eigenvalue weighted by Gasteiger charge is 2.15. The molecule has 3 aromatic rings. The Balaban J connectivity index is 1.74. The van der Waals surface area contributed by atoms with Crippen LogP contribution < -0.4 is 10.2 Å². The van der Waals surface area contributed by atoms with Crippen LogP contribution >= 0.6 is 15.9 Å². The molecule has 4 rings (SSSR count). The Bertz CT molecular complexity index is 990. The van der Waals surface area contributed by atoms with Crippen LogP contribution in [0, 0.1) is 6.92 Å². The Labute approximate surface area is 154 Å². The quantitative estimate of drug-likeness (QED) is 0.603. The van der Waals surface area contributed by atoms with Gasteiger partial charge in [-0.3, -0.25) is 9.69 Å². The molecule has 1 aromatic heterocycles. The van der Waals surface area contributed by atoms with Crippen molar-refractivity contribution in [2.45, 2.75) is 19.8 Å². The molecule has 1 fully saturated rings. The number of ether oxygens (including phenoxy) is 1. The monoisotopic (exact) mass is 401 g/mol. The predicted octanol–water partition coefficient (Wildman–Crippen LogP) is 4.49. The zero-order chi connectivity index (χ0) is 17.4. The molecule has 1 aliphatic rings. The summed E-state index contributed by atoms with van der Waals surface area (Å²) >= 11 is 3.43. The van der Waals surface area contributed by atoms with E-state index in [1.807, 2.05) is 31.2 Å². The van der Waals surface area contributed by atoms with Gasteiger partial charge in [0.1, 0.15) is 12.2 Å². The number of hydrogen-bond donors (Lipinski definition) is 0. The van der Waals surface area contributed by atoms with E-state index in [9.17, 15) is 4.79 Å². The van der Waals surface area contributed by atoms with Crippen LogP contribution in [0.2, 0.25) is 0 Å². The number of rotatable bonds is 4. The second kappa shape index (κ2) is 6.81. The third-order valence-electron chi connectivity index (χ3n) is 4.71. The average molecular weight is 402 g/mol.